The lowest BCUT2D eigenvalue weighted by Gasteiger charge is -2.27. The summed E-state index contributed by atoms with van der Waals surface area (Å²) in [4.78, 5) is 0. The molecule has 0 bridgehead atoms. The van der Waals surface area contributed by atoms with Crippen molar-refractivity contribution >= 4 is 11.6 Å². The van der Waals surface area contributed by atoms with E-state index in [2.05, 4.69) is 23.5 Å². The third-order valence-electron chi connectivity index (χ3n) is 3.96. The molecule has 1 atom stereocenters. The zero-order valence-electron chi connectivity index (χ0n) is 11.0. The van der Waals surface area contributed by atoms with Crippen molar-refractivity contribution in [3.8, 4) is 0 Å². The van der Waals surface area contributed by atoms with Gasteiger partial charge in [0.25, 0.3) is 0 Å². The van der Waals surface area contributed by atoms with E-state index in [0.717, 1.165) is 50.8 Å². The van der Waals surface area contributed by atoms with Gasteiger partial charge >= 0.3 is 0 Å². The molecule has 19 heavy (non-hydrogen) atoms. The molecule has 0 aliphatic carbocycles. The molecule has 0 spiro atoms. The van der Waals surface area contributed by atoms with Crippen LogP contribution in [-0.4, -0.2) is 33.0 Å². The summed E-state index contributed by atoms with van der Waals surface area (Å²) in [7, 11) is 0. The molecule has 2 aliphatic heterocycles. The molecule has 0 radical (unpaired) electrons. The zero-order chi connectivity index (χ0) is 13.1. The van der Waals surface area contributed by atoms with Crippen LogP contribution in [0.5, 0.6) is 0 Å². The molecule has 104 valence electrons. The summed E-state index contributed by atoms with van der Waals surface area (Å²) in [6, 6.07) is 6.71. The maximum atomic E-state index is 6.29. The second-order valence-corrected chi connectivity index (χ2v) is 5.72. The Hall–Kier alpha value is -0.610. The van der Waals surface area contributed by atoms with Crippen molar-refractivity contribution in [1.82, 2.24) is 5.32 Å². The van der Waals surface area contributed by atoms with Crippen LogP contribution in [-0.2, 0) is 9.47 Å². The van der Waals surface area contributed by atoms with E-state index in [0.29, 0.717) is 5.92 Å². The minimum absolute atomic E-state index is 0.269. The second-order valence-electron chi connectivity index (χ2n) is 5.29. The quantitative estimate of drug-likeness (QED) is 0.904. The van der Waals surface area contributed by atoms with Gasteiger partial charge in [-0.3, -0.25) is 0 Å². The lowest BCUT2D eigenvalue weighted by atomic mass is 9.89. The largest absolute Gasteiger partial charge is 0.381 e. The number of nitrogens with one attached hydrogen (secondary N) is 1. The van der Waals surface area contributed by atoms with E-state index in [4.69, 9.17) is 21.1 Å². The highest BCUT2D eigenvalue weighted by Crippen LogP contribution is 2.31. The van der Waals surface area contributed by atoms with Crippen molar-refractivity contribution < 1.29 is 9.47 Å². The van der Waals surface area contributed by atoms with Gasteiger partial charge in [-0.15, -0.1) is 0 Å². The summed E-state index contributed by atoms with van der Waals surface area (Å²) in [6.07, 6.45) is 2.18. The lowest BCUT2D eigenvalue weighted by molar-refractivity contribution is 0.0765. The van der Waals surface area contributed by atoms with Crippen molar-refractivity contribution in [3.05, 3.63) is 34.3 Å². The molecule has 1 aromatic carbocycles. The molecule has 2 aliphatic rings. The highest BCUT2D eigenvalue weighted by molar-refractivity contribution is 6.30. The van der Waals surface area contributed by atoms with E-state index in [1.54, 1.807) is 0 Å². The Bertz CT molecular complexity index is 390. The predicted molar refractivity (Wildman–Crippen MR) is 75.8 cm³/mol. The van der Waals surface area contributed by atoms with Gasteiger partial charge < -0.3 is 14.8 Å². The zero-order valence-corrected chi connectivity index (χ0v) is 11.8. The van der Waals surface area contributed by atoms with Crippen LogP contribution in [0.25, 0.3) is 0 Å². The Morgan fingerprint density at radius 2 is 1.79 bits per heavy atom. The van der Waals surface area contributed by atoms with Gasteiger partial charge in [0.1, 0.15) is 0 Å². The number of hydrogen-bond acceptors (Lipinski definition) is 3. The molecule has 0 amide bonds. The summed E-state index contributed by atoms with van der Waals surface area (Å²) >= 11 is 6.29. The number of ether oxygens (including phenoxy) is 2. The van der Waals surface area contributed by atoms with Crippen molar-refractivity contribution in [2.45, 2.75) is 24.8 Å². The van der Waals surface area contributed by atoms with Crippen LogP contribution >= 0.6 is 11.6 Å². The normalized spacial score (nSPS) is 25.4. The summed E-state index contributed by atoms with van der Waals surface area (Å²) < 4.78 is 11.0. The van der Waals surface area contributed by atoms with Gasteiger partial charge in [-0.1, -0.05) is 17.7 Å². The molecule has 1 unspecified atom stereocenters. The molecule has 3 nitrogen and oxygen atoms in total. The number of hydrogen-bond donors (Lipinski definition) is 1. The molecule has 0 saturated carbocycles. The molecule has 2 fully saturated rings. The first-order valence-corrected chi connectivity index (χ1v) is 7.40. The highest BCUT2D eigenvalue weighted by atomic mass is 35.5. The SMILES string of the molecule is Clc1cc(C2CCOCC2)cc(C2COCCN2)c1. The fraction of sp³-hybridized carbons (Fsp3) is 0.600. The van der Waals surface area contributed by atoms with E-state index in [1.165, 1.54) is 11.1 Å². The minimum Gasteiger partial charge on any atom is -0.381 e. The number of halogens is 1. The van der Waals surface area contributed by atoms with Gasteiger partial charge in [0.05, 0.1) is 19.3 Å². The van der Waals surface area contributed by atoms with E-state index < -0.39 is 0 Å². The Morgan fingerprint density at radius 1 is 1.00 bits per heavy atom. The van der Waals surface area contributed by atoms with Crippen LogP contribution < -0.4 is 5.32 Å². The summed E-state index contributed by atoms with van der Waals surface area (Å²) in [5, 5.41) is 4.31. The minimum atomic E-state index is 0.269. The van der Waals surface area contributed by atoms with Crippen molar-refractivity contribution in [2.75, 3.05) is 33.0 Å². The van der Waals surface area contributed by atoms with Crippen molar-refractivity contribution in [1.29, 1.82) is 0 Å². The first-order valence-electron chi connectivity index (χ1n) is 7.02. The van der Waals surface area contributed by atoms with Gasteiger partial charge in [0.15, 0.2) is 0 Å². The molecule has 2 saturated heterocycles. The summed E-state index contributed by atoms with van der Waals surface area (Å²) in [5.41, 5.74) is 2.59. The standard InChI is InChI=1S/C15H20ClNO2/c16-14-8-12(11-1-4-18-5-2-11)7-13(9-14)15-10-19-6-3-17-15/h7-9,11,15,17H,1-6,10H2. The van der Waals surface area contributed by atoms with Crippen molar-refractivity contribution in [2.24, 2.45) is 0 Å². The average molecular weight is 282 g/mol. The maximum absolute atomic E-state index is 6.29. The van der Waals surface area contributed by atoms with Crippen LogP contribution in [0.15, 0.2) is 18.2 Å². The maximum Gasteiger partial charge on any atom is 0.0662 e. The van der Waals surface area contributed by atoms with Gasteiger partial charge in [0, 0.05) is 24.8 Å². The smallest absolute Gasteiger partial charge is 0.0662 e. The fourth-order valence-corrected chi connectivity index (χ4v) is 3.14. The predicted octanol–water partition coefficient (Wildman–Crippen LogP) is 2.89. The third-order valence-corrected chi connectivity index (χ3v) is 4.18. The molecule has 2 heterocycles. The van der Waals surface area contributed by atoms with E-state index >= 15 is 0 Å². The van der Waals surface area contributed by atoms with Gasteiger partial charge in [0.2, 0.25) is 0 Å². The van der Waals surface area contributed by atoms with E-state index in [-0.39, 0.29) is 6.04 Å². The van der Waals surface area contributed by atoms with Gasteiger partial charge in [-0.25, -0.2) is 0 Å². The Labute approximate surface area is 119 Å². The third kappa shape index (κ3) is 3.29. The number of benzene rings is 1. The first kappa shape index (κ1) is 13.4. The summed E-state index contributed by atoms with van der Waals surface area (Å²) in [5.74, 6) is 0.579. The molecule has 0 aromatic heterocycles. The molecule has 1 aromatic rings. The fourth-order valence-electron chi connectivity index (χ4n) is 2.88. The van der Waals surface area contributed by atoms with Gasteiger partial charge in [-0.2, -0.15) is 0 Å². The van der Waals surface area contributed by atoms with E-state index in [9.17, 15) is 0 Å². The Balaban J connectivity index is 1.82. The van der Waals surface area contributed by atoms with Crippen LogP contribution in [0.1, 0.15) is 35.9 Å². The second kappa shape index (κ2) is 6.23. The van der Waals surface area contributed by atoms with Gasteiger partial charge in [-0.05, 0) is 42.0 Å². The number of morpholine rings is 1. The van der Waals surface area contributed by atoms with Crippen LogP contribution in [0.2, 0.25) is 5.02 Å². The monoisotopic (exact) mass is 281 g/mol. The lowest BCUT2D eigenvalue weighted by Crippen LogP contribution is -2.34. The van der Waals surface area contributed by atoms with Crippen LogP contribution in [0.3, 0.4) is 0 Å². The molecule has 4 heteroatoms. The van der Waals surface area contributed by atoms with Crippen LogP contribution in [0.4, 0.5) is 0 Å². The summed E-state index contributed by atoms with van der Waals surface area (Å²) in [6.45, 7) is 4.15. The molecular formula is C15H20ClNO2. The topological polar surface area (TPSA) is 30.5 Å². The van der Waals surface area contributed by atoms with Crippen LogP contribution in [0, 0.1) is 0 Å². The van der Waals surface area contributed by atoms with Crippen molar-refractivity contribution in [3.63, 3.8) is 0 Å². The average Bonchev–Trinajstić information content (AvgIpc) is 2.48. The molecule has 3 rings (SSSR count). The van der Waals surface area contributed by atoms with E-state index in [1.807, 2.05) is 0 Å². The Kier molecular flexibility index (Phi) is 4.38. The first-order chi connectivity index (χ1) is 9.33. The molecular weight excluding hydrogens is 262 g/mol. The molecule has 1 N–H and O–H groups in total. The Morgan fingerprint density at radius 3 is 2.53 bits per heavy atom. The highest BCUT2D eigenvalue weighted by Gasteiger charge is 2.20. The number of rotatable bonds is 2.